The van der Waals surface area contributed by atoms with Gasteiger partial charge in [-0.15, -0.1) is 0 Å². The molecular formula is C21H15NO3. The van der Waals surface area contributed by atoms with E-state index in [0.29, 0.717) is 17.6 Å². The molecule has 25 heavy (non-hydrogen) atoms. The molecule has 0 saturated heterocycles. The van der Waals surface area contributed by atoms with E-state index in [1.54, 1.807) is 6.07 Å². The second kappa shape index (κ2) is 5.98. The molecule has 1 aliphatic carbocycles. The smallest absolute Gasteiger partial charge is 0.270 e. The van der Waals surface area contributed by atoms with Crippen molar-refractivity contribution in [3.8, 4) is 0 Å². The number of nitro benzene ring substituents is 1. The third-order valence-corrected chi connectivity index (χ3v) is 4.66. The summed E-state index contributed by atoms with van der Waals surface area (Å²) in [6.07, 6.45) is 3.29. The fourth-order valence-corrected chi connectivity index (χ4v) is 3.36. The number of Topliss-reactive ketones (excluding diaryl/α,β-unsaturated/α-hetero) is 1. The predicted molar refractivity (Wildman–Crippen MR) is 97.7 cm³/mol. The molecule has 3 aromatic carbocycles. The molecule has 0 fully saturated rings. The zero-order valence-corrected chi connectivity index (χ0v) is 13.4. The average Bonchev–Trinajstić information content (AvgIpc) is 2.64. The molecule has 0 saturated carbocycles. The lowest BCUT2D eigenvalue weighted by molar-refractivity contribution is -0.384. The first-order chi connectivity index (χ1) is 12.1. The van der Waals surface area contributed by atoms with Crippen LogP contribution < -0.4 is 0 Å². The minimum atomic E-state index is -0.462. The maximum Gasteiger partial charge on any atom is 0.270 e. The van der Waals surface area contributed by atoms with Gasteiger partial charge in [-0.2, -0.15) is 0 Å². The molecule has 4 heteroatoms. The van der Waals surface area contributed by atoms with Crippen LogP contribution in [0.4, 0.5) is 5.69 Å². The van der Waals surface area contributed by atoms with Crippen LogP contribution in [-0.4, -0.2) is 10.7 Å². The van der Waals surface area contributed by atoms with Crippen LogP contribution in [0.1, 0.15) is 27.9 Å². The lowest BCUT2D eigenvalue weighted by Crippen LogP contribution is -2.14. The zero-order chi connectivity index (χ0) is 17.4. The van der Waals surface area contributed by atoms with Gasteiger partial charge < -0.3 is 0 Å². The number of allylic oxidation sites excluding steroid dienone is 1. The number of rotatable bonds is 2. The lowest BCUT2D eigenvalue weighted by atomic mass is 9.85. The van der Waals surface area contributed by atoms with Gasteiger partial charge in [0.25, 0.3) is 5.69 Å². The number of carbonyl (C=O) groups excluding carboxylic acids is 1. The van der Waals surface area contributed by atoms with Crippen LogP contribution in [0.25, 0.3) is 16.8 Å². The molecule has 0 unspecified atom stereocenters. The summed E-state index contributed by atoms with van der Waals surface area (Å²) < 4.78 is 0. The average molecular weight is 329 g/mol. The first kappa shape index (κ1) is 15.3. The van der Waals surface area contributed by atoms with E-state index in [2.05, 4.69) is 0 Å². The maximum absolute atomic E-state index is 12.8. The van der Waals surface area contributed by atoms with Crippen LogP contribution in [-0.2, 0) is 6.42 Å². The standard InChI is InChI=1S/C21H15NO3/c23-21-17(9-8-15-10-11-18(22(24)25)13-20(15)21)12-16-6-3-5-14-4-1-2-7-19(14)16/h1-7,10-13H,8-9H2/b17-12-. The molecule has 0 amide bonds. The molecule has 0 aromatic heterocycles. The lowest BCUT2D eigenvalue weighted by Gasteiger charge is -2.17. The Bertz CT molecular complexity index is 1040. The Morgan fingerprint density at radius 1 is 0.960 bits per heavy atom. The molecule has 4 nitrogen and oxygen atoms in total. The van der Waals surface area contributed by atoms with Gasteiger partial charge in [0.2, 0.25) is 0 Å². The van der Waals surface area contributed by atoms with Crippen LogP contribution in [0.2, 0.25) is 0 Å². The van der Waals surface area contributed by atoms with Gasteiger partial charge in [0.05, 0.1) is 4.92 Å². The number of fused-ring (bicyclic) bond motifs is 2. The fraction of sp³-hybridized carbons (Fsp3) is 0.0952. The number of hydrogen-bond donors (Lipinski definition) is 0. The van der Waals surface area contributed by atoms with E-state index < -0.39 is 4.92 Å². The fourth-order valence-electron chi connectivity index (χ4n) is 3.36. The molecule has 0 heterocycles. The topological polar surface area (TPSA) is 60.2 Å². The van der Waals surface area contributed by atoms with E-state index in [1.807, 2.05) is 48.5 Å². The molecule has 0 N–H and O–H groups in total. The highest BCUT2D eigenvalue weighted by atomic mass is 16.6. The van der Waals surface area contributed by atoms with Crippen molar-refractivity contribution in [3.63, 3.8) is 0 Å². The summed E-state index contributed by atoms with van der Waals surface area (Å²) >= 11 is 0. The summed E-state index contributed by atoms with van der Waals surface area (Å²) in [7, 11) is 0. The molecule has 0 bridgehead atoms. The Labute approximate surface area is 144 Å². The maximum atomic E-state index is 12.8. The number of nitro groups is 1. The molecule has 0 spiro atoms. The van der Waals surface area contributed by atoms with Crippen LogP contribution in [0.3, 0.4) is 0 Å². The number of hydrogen-bond acceptors (Lipinski definition) is 3. The van der Waals surface area contributed by atoms with Gasteiger partial charge in [0.1, 0.15) is 0 Å². The van der Waals surface area contributed by atoms with E-state index >= 15 is 0 Å². The highest BCUT2D eigenvalue weighted by Crippen LogP contribution is 2.30. The van der Waals surface area contributed by atoms with E-state index in [9.17, 15) is 14.9 Å². The van der Waals surface area contributed by atoms with Crippen LogP contribution in [0.15, 0.2) is 66.2 Å². The Morgan fingerprint density at radius 2 is 1.76 bits per heavy atom. The first-order valence-electron chi connectivity index (χ1n) is 8.14. The predicted octanol–water partition coefficient (Wildman–Crippen LogP) is 4.96. The Morgan fingerprint density at radius 3 is 2.60 bits per heavy atom. The molecular weight excluding hydrogens is 314 g/mol. The second-order valence-corrected chi connectivity index (χ2v) is 6.17. The Hall–Kier alpha value is -3.27. The molecule has 0 aliphatic heterocycles. The first-order valence-corrected chi connectivity index (χ1v) is 8.14. The van der Waals surface area contributed by atoms with E-state index in [-0.39, 0.29) is 11.5 Å². The third kappa shape index (κ3) is 2.72. The molecule has 1 aliphatic rings. The largest absolute Gasteiger partial charge is 0.289 e. The summed E-state index contributed by atoms with van der Waals surface area (Å²) in [6, 6.07) is 18.6. The second-order valence-electron chi connectivity index (χ2n) is 6.17. The van der Waals surface area contributed by atoms with Gasteiger partial charge in [-0.1, -0.05) is 48.5 Å². The Kier molecular flexibility index (Phi) is 3.65. The van der Waals surface area contributed by atoms with Crippen molar-refractivity contribution in [2.75, 3.05) is 0 Å². The number of nitrogens with zero attached hydrogens (tertiary/aromatic N) is 1. The number of aryl methyl sites for hydroxylation is 1. The normalized spacial score (nSPS) is 15.4. The van der Waals surface area contributed by atoms with Gasteiger partial charge in [0.15, 0.2) is 5.78 Å². The number of carbonyl (C=O) groups is 1. The van der Waals surface area contributed by atoms with Crippen molar-refractivity contribution in [1.29, 1.82) is 0 Å². The van der Waals surface area contributed by atoms with Gasteiger partial charge in [-0.25, -0.2) is 0 Å². The molecule has 0 atom stereocenters. The summed E-state index contributed by atoms with van der Waals surface area (Å²) in [5, 5.41) is 13.2. The van der Waals surface area contributed by atoms with E-state index in [0.717, 1.165) is 28.3 Å². The highest BCUT2D eigenvalue weighted by molar-refractivity contribution is 6.14. The van der Waals surface area contributed by atoms with Gasteiger partial charge in [0, 0.05) is 23.3 Å². The van der Waals surface area contributed by atoms with Gasteiger partial charge in [-0.3, -0.25) is 14.9 Å². The van der Waals surface area contributed by atoms with Gasteiger partial charge >= 0.3 is 0 Å². The Balaban J connectivity index is 1.79. The van der Waals surface area contributed by atoms with Gasteiger partial charge in [-0.05, 0) is 40.8 Å². The zero-order valence-electron chi connectivity index (χ0n) is 13.4. The summed E-state index contributed by atoms with van der Waals surface area (Å²) in [5.41, 5.74) is 2.98. The van der Waals surface area contributed by atoms with Crippen LogP contribution in [0.5, 0.6) is 0 Å². The van der Waals surface area contributed by atoms with Crippen molar-refractivity contribution in [2.24, 2.45) is 0 Å². The van der Waals surface area contributed by atoms with Crippen LogP contribution >= 0.6 is 0 Å². The minimum Gasteiger partial charge on any atom is -0.289 e. The van der Waals surface area contributed by atoms with Crippen molar-refractivity contribution in [1.82, 2.24) is 0 Å². The molecule has 3 aromatic rings. The van der Waals surface area contributed by atoms with Crippen molar-refractivity contribution in [2.45, 2.75) is 12.8 Å². The molecule has 4 rings (SSSR count). The monoisotopic (exact) mass is 329 g/mol. The van der Waals surface area contributed by atoms with Crippen molar-refractivity contribution < 1.29 is 9.72 Å². The SMILES string of the molecule is O=C1/C(=C\c2cccc3ccccc23)CCc2ccc([N+](=O)[O-])cc21. The quantitative estimate of drug-likeness (QED) is 0.379. The minimum absolute atomic E-state index is 0.0430. The molecule has 0 radical (unpaired) electrons. The van der Waals surface area contributed by atoms with E-state index in [1.165, 1.54) is 12.1 Å². The summed E-state index contributed by atoms with van der Waals surface area (Å²) in [6.45, 7) is 0. The third-order valence-electron chi connectivity index (χ3n) is 4.66. The van der Waals surface area contributed by atoms with E-state index in [4.69, 9.17) is 0 Å². The molecule has 122 valence electrons. The van der Waals surface area contributed by atoms with Crippen LogP contribution in [0, 0.1) is 10.1 Å². The van der Waals surface area contributed by atoms with Crippen molar-refractivity contribution in [3.05, 3.63) is 93.0 Å². The summed E-state index contributed by atoms with van der Waals surface area (Å²) in [5.74, 6) is -0.113. The number of benzene rings is 3. The number of ketones is 1. The van der Waals surface area contributed by atoms with Crippen molar-refractivity contribution >= 4 is 28.3 Å². The summed E-state index contributed by atoms with van der Waals surface area (Å²) in [4.78, 5) is 23.4. The highest BCUT2D eigenvalue weighted by Gasteiger charge is 2.24. The number of non-ortho nitro benzene ring substituents is 1.